The average molecular weight is 316 g/mol. The van der Waals surface area contributed by atoms with Crippen molar-refractivity contribution in [2.45, 2.75) is 43.4 Å². The average Bonchev–Trinajstić information content (AvgIpc) is 2.48. The lowest BCUT2D eigenvalue weighted by Gasteiger charge is -2.31. The molecule has 0 saturated carbocycles. The maximum absolute atomic E-state index is 12.5. The van der Waals surface area contributed by atoms with E-state index in [0.717, 1.165) is 18.4 Å². The quantitative estimate of drug-likeness (QED) is 0.778. The summed E-state index contributed by atoms with van der Waals surface area (Å²) >= 11 is 5.73. The highest BCUT2D eigenvalue weighted by molar-refractivity contribution is 7.89. The van der Waals surface area contributed by atoms with Gasteiger partial charge in [-0.25, -0.2) is 8.42 Å². The van der Waals surface area contributed by atoms with Gasteiger partial charge in [0.05, 0.1) is 4.90 Å². The predicted molar refractivity (Wildman–Crippen MR) is 82.4 cm³/mol. The molecule has 0 aromatic heterocycles. The third kappa shape index (κ3) is 3.54. The number of hydrogen-bond acceptors (Lipinski definition) is 2. The first-order chi connectivity index (χ1) is 9.57. The summed E-state index contributed by atoms with van der Waals surface area (Å²) in [6.45, 7) is 3.47. The molecule has 1 fully saturated rings. The van der Waals surface area contributed by atoms with Crippen molar-refractivity contribution in [2.75, 3.05) is 13.1 Å². The molecule has 3 nitrogen and oxygen atoms in total. The number of rotatable bonds is 5. The van der Waals surface area contributed by atoms with E-state index in [9.17, 15) is 8.42 Å². The van der Waals surface area contributed by atoms with Crippen LogP contribution in [0.4, 0.5) is 0 Å². The van der Waals surface area contributed by atoms with E-state index >= 15 is 0 Å². The molecule has 1 aromatic carbocycles. The molecule has 20 heavy (non-hydrogen) atoms. The van der Waals surface area contributed by atoms with E-state index in [1.165, 1.54) is 12.8 Å². The lowest BCUT2D eigenvalue weighted by atomic mass is 9.94. The van der Waals surface area contributed by atoms with Crippen molar-refractivity contribution in [1.29, 1.82) is 0 Å². The lowest BCUT2D eigenvalue weighted by Crippen LogP contribution is -2.38. The topological polar surface area (TPSA) is 37.4 Å². The van der Waals surface area contributed by atoms with Crippen LogP contribution in [0.1, 0.15) is 38.2 Å². The zero-order chi connectivity index (χ0) is 14.6. The van der Waals surface area contributed by atoms with Crippen LogP contribution in [0, 0.1) is 5.92 Å². The molecule has 112 valence electrons. The summed E-state index contributed by atoms with van der Waals surface area (Å²) < 4.78 is 26.7. The van der Waals surface area contributed by atoms with E-state index in [1.807, 2.05) is 0 Å². The zero-order valence-corrected chi connectivity index (χ0v) is 13.5. The second kappa shape index (κ2) is 6.92. The van der Waals surface area contributed by atoms with Crippen LogP contribution in [0.5, 0.6) is 0 Å². The number of nitrogens with zero attached hydrogens (tertiary/aromatic N) is 1. The first-order valence-electron chi connectivity index (χ1n) is 7.23. The van der Waals surface area contributed by atoms with Gasteiger partial charge >= 0.3 is 0 Å². The standard InChI is InChI=1S/C15H22ClNO2S/c1-2-3-13-8-10-17(11-9-13)20(18,19)15-6-4-14(12-16)5-7-15/h4-7,13H,2-3,8-12H2,1H3. The van der Waals surface area contributed by atoms with Gasteiger partial charge in [0.2, 0.25) is 10.0 Å². The van der Waals surface area contributed by atoms with Crippen LogP contribution in [0.25, 0.3) is 0 Å². The number of hydrogen-bond donors (Lipinski definition) is 0. The Bertz CT molecular complexity index is 519. The minimum atomic E-state index is -3.34. The van der Waals surface area contributed by atoms with E-state index < -0.39 is 10.0 Å². The Morgan fingerprint density at radius 1 is 1.20 bits per heavy atom. The van der Waals surface area contributed by atoms with Gasteiger partial charge in [-0.1, -0.05) is 31.9 Å². The fourth-order valence-corrected chi connectivity index (χ4v) is 4.39. The Morgan fingerprint density at radius 2 is 1.80 bits per heavy atom. The van der Waals surface area contributed by atoms with Gasteiger partial charge in [0.15, 0.2) is 0 Å². The normalized spacial score (nSPS) is 18.3. The molecule has 2 rings (SSSR count). The van der Waals surface area contributed by atoms with E-state index in [-0.39, 0.29) is 0 Å². The van der Waals surface area contributed by atoms with Gasteiger partial charge in [0.25, 0.3) is 0 Å². The summed E-state index contributed by atoms with van der Waals surface area (Å²) in [7, 11) is -3.34. The van der Waals surface area contributed by atoms with Crippen LogP contribution >= 0.6 is 11.6 Å². The fraction of sp³-hybridized carbons (Fsp3) is 0.600. The first-order valence-corrected chi connectivity index (χ1v) is 9.20. The van der Waals surface area contributed by atoms with Crippen molar-refractivity contribution in [3.8, 4) is 0 Å². The maximum atomic E-state index is 12.5. The molecule has 1 aliphatic rings. The number of sulfonamides is 1. The molecule has 0 spiro atoms. The Kier molecular flexibility index (Phi) is 5.47. The van der Waals surface area contributed by atoms with Crippen LogP contribution in [0.2, 0.25) is 0 Å². The van der Waals surface area contributed by atoms with Crippen LogP contribution in [-0.4, -0.2) is 25.8 Å². The Morgan fingerprint density at radius 3 is 2.30 bits per heavy atom. The highest BCUT2D eigenvalue weighted by atomic mass is 35.5. The minimum absolute atomic E-state index is 0.375. The van der Waals surface area contributed by atoms with Crippen molar-refractivity contribution in [1.82, 2.24) is 4.31 Å². The molecule has 1 aromatic rings. The largest absolute Gasteiger partial charge is 0.243 e. The molecule has 1 heterocycles. The van der Waals surface area contributed by atoms with E-state index in [0.29, 0.717) is 29.8 Å². The van der Waals surface area contributed by atoms with Crippen molar-refractivity contribution in [3.05, 3.63) is 29.8 Å². The smallest absolute Gasteiger partial charge is 0.207 e. The van der Waals surface area contributed by atoms with Crippen LogP contribution < -0.4 is 0 Å². The molecule has 0 unspecified atom stereocenters. The second-order valence-electron chi connectivity index (χ2n) is 5.41. The maximum Gasteiger partial charge on any atom is 0.243 e. The summed E-state index contributed by atoms with van der Waals surface area (Å²) in [5, 5.41) is 0. The summed E-state index contributed by atoms with van der Waals surface area (Å²) in [5.41, 5.74) is 0.937. The summed E-state index contributed by atoms with van der Waals surface area (Å²) in [6, 6.07) is 6.88. The Labute approximate surface area is 127 Å². The molecule has 0 N–H and O–H groups in total. The van der Waals surface area contributed by atoms with Crippen LogP contribution in [0.15, 0.2) is 29.2 Å². The monoisotopic (exact) mass is 315 g/mol. The SMILES string of the molecule is CCCC1CCN(S(=O)(=O)c2ccc(CCl)cc2)CC1. The molecule has 1 saturated heterocycles. The third-order valence-corrected chi connectivity index (χ3v) is 6.21. The molecular formula is C15H22ClNO2S. The van der Waals surface area contributed by atoms with Gasteiger partial charge in [0, 0.05) is 19.0 Å². The molecule has 1 aliphatic heterocycles. The van der Waals surface area contributed by atoms with Gasteiger partial charge in [-0.15, -0.1) is 11.6 Å². The number of benzene rings is 1. The van der Waals surface area contributed by atoms with Gasteiger partial charge in [-0.2, -0.15) is 4.31 Å². The molecule has 0 amide bonds. The number of halogens is 1. The zero-order valence-electron chi connectivity index (χ0n) is 11.9. The predicted octanol–water partition coefficient (Wildman–Crippen LogP) is 3.63. The van der Waals surface area contributed by atoms with Crippen molar-refractivity contribution >= 4 is 21.6 Å². The molecule has 0 aliphatic carbocycles. The minimum Gasteiger partial charge on any atom is -0.207 e. The lowest BCUT2D eigenvalue weighted by molar-refractivity contribution is 0.262. The number of piperidine rings is 1. The summed E-state index contributed by atoms with van der Waals surface area (Å²) in [5.74, 6) is 1.09. The first kappa shape index (κ1) is 15.8. The molecular weight excluding hydrogens is 294 g/mol. The summed E-state index contributed by atoms with van der Waals surface area (Å²) in [6.07, 6.45) is 4.34. The van der Waals surface area contributed by atoms with Crippen LogP contribution in [-0.2, 0) is 15.9 Å². The van der Waals surface area contributed by atoms with Gasteiger partial charge in [0.1, 0.15) is 0 Å². The fourth-order valence-electron chi connectivity index (χ4n) is 2.75. The molecule has 5 heteroatoms. The Hall–Kier alpha value is -0.580. The van der Waals surface area contributed by atoms with Crippen molar-refractivity contribution in [2.24, 2.45) is 5.92 Å². The summed E-state index contributed by atoms with van der Waals surface area (Å²) in [4.78, 5) is 0.375. The molecule has 0 bridgehead atoms. The second-order valence-corrected chi connectivity index (χ2v) is 7.62. The number of alkyl halides is 1. The highest BCUT2D eigenvalue weighted by Gasteiger charge is 2.28. The van der Waals surface area contributed by atoms with Crippen molar-refractivity contribution in [3.63, 3.8) is 0 Å². The molecule has 0 atom stereocenters. The van der Waals surface area contributed by atoms with Crippen LogP contribution in [0.3, 0.4) is 0 Å². The van der Waals surface area contributed by atoms with E-state index in [2.05, 4.69) is 6.92 Å². The van der Waals surface area contributed by atoms with Gasteiger partial charge < -0.3 is 0 Å². The van der Waals surface area contributed by atoms with Gasteiger partial charge in [-0.3, -0.25) is 0 Å². The molecule has 0 radical (unpaired) electrons. The van der Waals surface area contributed by atoms with Gasteiger partial charge in [-0.05, 0) is 36.5 Å². The highest BCUT2D eigenvalue weighted by Crippen LogP contribution is 2.26. The van der Waals surface area contributed by atoms with E-state index in [4.69, 9.17) is 11.6 Å². The Balaban J connectivity index is 2.07. The van der Waals surface area contributed by atoms with Crippen molar-refractivity contribution < 1.29 is 8.42 Å². The third-order valence-electron chi connectivity index (χ3n) is 3.99. The van der Waals surface area contributed by atoms with E-state index in [1.54, 1.807) is 28.6 Å².